The van der Waals surface area contributed by atoms with E-state index in [0.29, 0.717) is 11.3 Å². The summed E-state index contributed by atoms with van der Waals surface area (Å²) in [4.78, 5) is 27.6. The summed E-state index contributed by atoms with van der Waals surface area (Å²) in [6, 6.07) is 25.4. The number of benzene rings is 3. The normalized spacial score (nSPS) is 11.8. The molecule has 4 heteroatoms. The van der Waals surface area contributed by atoms with Gasteiger partial charge >= 0.3 is 0 Å². The Hall–Kier alpha value is -3.66. The fraction of sp³-hybridized carbons (Fsp3) is 0.120. The van der Waals surface area contributed by atoms with Gasteiger partial charge in [0.15, 0.2) is 0 Å². The molecule has 0 aliphatic carbocycles. The van der Waals surface area contributed by atoms with Crippen LogP contribution in [0.1, 0.15) is 34.5 Å². The van der Waals surface area contributed by atoms with Gasteiger partial charge in [-0.05, 0) is 48.4 Å². The molecule has 0 aromatic heterocycles. The molecule has 0 heterocycles. The van der Waals surface area contributed by atoms with Crippen LogP contribution in [0.15, 0.2) is 91.0 Å². The fourth-order valence-electron chi connectivity index (χ4n) is 3.03. The van der Waals surface area contributed by atoms with Crippen LogP contribution in [0.4, 0.5) is 0 Å². The minimum absolute atomic E-state index is 0.355. The van der Waals surface area contributed by atoms with Crippen LogP contribution in [0.3, 0.4) is 0 Å². The average Bonchev–Trinajstić information content (AvgIpc) is 2.79. The predicted octanol–water partition coefficient (Wildman–Crippen LogP) is 5.14. The second-order valence-electron chi connectivity index (χ2n) is 6.57. The van der Waals surface area contributed by atoms with Gasteiger partial charge in [0.25, 0.3) is 11.8 Å². The lowest BCUT2D eigenvalue weighted by atomic mass is 10.0. The van der Waals surface area contributed by atoms with Crippen molar-refractivity contribution in [2.24, 2.45) is 0 Å². The summed E-state index contributed by atoms with van der Waals surface area (Å²) < 4.78 is 5.16. The third-order valence-corrected chi connectivity index (χ3v) is 4.68. The molecule has 2 amide bonds. The molecule has 3 aromatic rings. The van der Waals surface area contributed by atoms with E-state index in [4.69, 9.17) is 4.74 Å². The highest BCUT2D eigenvalue weighted by Gasteiger charge is 2.27. The van der Waals surface area contributed by atoms with Gasteiger partial charge in [0.2, 0.25) is 0 Å². The molecule has 0 radical (unpaired) electrons. The number of ether oxygens (including phenoxy) is 1. The Bertz CT molecular complexity index is 980. The lowest BCUT2D eigenvalue weighted by molar-refractivity contribution is -0.125. The van der Waals surface area contributed by atoms with Crippen molar-refractivity contribution in [3.05, 3.63) is 108 Å². The zero-order valence-electron chi connectivity index (χ0n) is 16.5. The number of nitrogens with zero attached hydrogens (tertiary/aromatic N) is 1. The Labute approximate surface area is 171 Å². The van der Waals surface area contributed by atoms with Gasteiger partial charge in [-0.15, -0.1) is 0 Å². The van der Waals surface area contributed by atoms with E-state index in [-0.39, 0.29) is 11.8 Å². The van der Waals surface area contributed by atoms with Crippen molar-refractivity contribution < 1.29 is 14.3 Å². The summed E-state index contributed by atoms with van der Waals surface area (Å²) in [7, 11) is 1.57. The summed E-state index contributed by atoms with van der Waals surface area (Å²) in [5.74, 6) is -0.0720. The minimum atomic E-state index is -0.418. The molecule has 4 nitrogen and oxygen atoms in total. The molecule has 0 fully saturated rings. The van der Waals surface area contributed by atoms with Crippen molar-refractivity contribution in [2.45, 2.75) is 13.0 Å². The van der Waals surface area contributed by atoms with Crippen LogP contribution in [0.5, 0.6) is 5.75 Å². The molecule has 1 unspecified atom stereocenters. The summed E-state index contributed by atoms with van der Waals surface area (Å²) in [6.07, 6.45) is 3.16. The molecule has 3 aromatic carbocycles. The summed E-state index contributed by atoms with van der Waals surface area (Å²) in [5, 5.41) is 0. The van der Waals surface area contributed by atoms with Gasteiger partial charge in [0.1, 0.15) is 5.75 Å². The zero-order valence-corrected chi connectivity index (χ0v) is 16.5. The molecule has 1 atom stereocenters. The van der Waals surface area contributed by atoms with E-state index < -0.39 is 6.04 Å². The van der Waals surface area contributed by atoms with Crippen LogP contribution < -0.4 is 4.74 Å². The first-order valence-electron chi connectivity index (χ1n) is 9.40. The lowest BCUT2D eigenvalue weighted by Crippen LogP contribution is -2.38. The third-order valence-electron chi connectivity index (χ3n) is 4.68. The Morgan fingerprint density at radius 3 is 2.03 bits per heavy atom. The average molecular weight is 385 g/mol. The monoisotopic (exact) mass is 385 g/mol. The van der Waals surface area contributed by atoms with E-state index in [0.717, 1.165) is 11.1 Å². The van der Waals surface area contributed by atoms with Crippen LogP contribution in [-0.2, 0) is 4.79 Å². The Kier molecular flexibility index (Phi) is 6.59. The van der Waals surface area contributed by atoms with Gasteiger partial charge in [0.05, 0.1) is 13.2 Å². The maximum absolute atomic E-state index is 13.2. The van der Waals surface area contributed by atoms with Crippen molar-refractivity contribution in [1.82, 2.24) is 4.90 Å². The van der Waals surface area contributed by atoms with E-state index >= 15 is 0 Å². The maximum atomic E-state index is 13.2. The fourth-order valence-corrected chi connectivity index (χ4v) is 3.03. The van der Waals surface area contributed by atoms with Crippen LogP contribution in [0, 0.1) is 0 Å². The number of methoxy groups -OCH3 is 1. The van der Waals surface area contributed by atoms with Crippen LogP contribution in [-0.4, -0.2) is 23.8 Å². The second kappa shape index (κ2) is 9.51. The molecule has 0 aliphatic heterocycles. The highest BCUT2D eigenvalue weighted by Crippen LogP contribution is 2.24. The predicted molar refractivity (Wildman–Crippen MR) is 115 cm³/mol. The van der Waals surface area contributed by atoms with Gasteiger partial charge < -0.3 is 4.74 Å². The topological polar surface area (TPSA) is 46.6 Å². The number of carbonyl (C=O) groups is 2. The Morgan fingerprint density at radius 1 is 0.862 bits per heavy atom. The van der Waals surface area contributed by atoms with Gasteiger partial charge in [0, 0.05) is 11.6 Å². The van der Waals surface area contributed by atoms with E-state index in [1.807, 2.05) is 67.6 Å². The van der Waals surface area contributed by atoms with E-state index in [2.05, 4.69) is 0 Å². The van der Waals surface area contributed by atoms with Gasteiger partial charge in [-0.2, -0.15) is 0 Å². The molecule has 3 rings (SSSR count). The van der Waals surface area contributed by atoms with Crippen LogP contribution in [0.25, 0.3) is 6.08 Å². The second-order valence-corrected chi connectivity index (χ2v) is 6.57. The first kappa shape index (κ1) is 20.1. The minimum Gasteiger partial charge on any atom is -0.497 e. The van der Waals surface area contributed by atoms with E-state index in [9.17, 15) is 9.59 Å². The summed E-state index contributed by atoms with van der Waals surface area (Å²) >= 11 is 0. The molecule has 0 saturated carbocycles. The number of carbonyl (C=O) groups excluding carboxylic acids is 2. The molecular weight excluding hydrogens is 362 g/mol. The Morgan fingerprint density at radius 2 is 1.45 bits per heavy atom. The van der Waals surface area contributed by atoms with Crippen LogP contribution in [0.2, 0.25) is 0 Å². The first-order chi connectivity index (χ1) is 14.1. The Balaban J connectivity index is 1.93. The van der Waals surface area contributed by atoms with Gasteiger partial charge in [-0.3, -0.25) is 14.5 Å². The molecule has 0 bridgehead atoms. The van der Waals surface area contributed by atoms with Crippen molar-refractivity contribution >= 4 is 17.9 Å². The molecule has 29 heavy (non-hydrogen) atoms. The summed E-state index contributed by atoms with van der Waals surface area (Å²) in [6.45, 7) is 1.85. The number of rotatable bonds is 6. The maximum Gasteiger partial charge on any atom is 0.261 e. The van der Waals surface area contributed by atoms with Crippen molar-refractivity contribution in [1.29, 1.82) is 0 Å². The molecular formula is C25H23NO3. The quantitative estimate of drug-likeness (QED) is 0.552. The first-order valence-corrected chi connectivity index (χ1v) is 9.40. The van der Waals surface area contributed by atoms with Crippen LogP contribution >= 0.6 is 0 Å². The SMILES string of the molecule is COc1ccc(C(=O)N(C(=O)/C=C/c2ccccc2)C(C)c2ccccc2)cc1. The largest absolute Gasteiger partial charge is 0.497 e. The molecule has 146 valence electrons. The smallest absolute Gasteiger partial charge is 0.261 e. The van der Waals surface area contributed by atoms with Crippen molar-refractivity contribution in [2.75, 3.05) is 7.11 Å². The zero-order chi connectivity index (χ0) is 20.6. The molecule has 0 N–H and O–H groups in total. The van der Waals surface area contributed by atoms with E-state index in [1.165, 1.54) is 11.0 Å². The standard InChI is InChI=1S/C25H23NO3/c1-19(21-11-7-4-8-12-21)26(24(27)18-13-20-9-5-3-6-10-20)25(28)22-14-16-23(29-2)17-15-22/h3-19H,1-2H3/b18-13+. The molecule has 0 spiro atoms. The lowest BCUT2D eigenvalue weighted by Gasteiger charge is -2.27. The van der Waals surface area contributed by atoms with Gasteiger partial charge in [-0.1, -0.05) is 60.7 Å². The van der Waals surface area contributed by atoms with E-state index in [1.54, 1.807) is 37.5 Å². The molecule has 0 aliphatic rings. The van der Waals surface area contributed by atoms with Crippen molar-refractivity contribution in [3.63, 3.8) is 0 Å². The highest BCUT2D eigenvalue weighted by molar-refractivity contribution is 6.09. The van der Waals surface area contributed by atoms with Crippen molar-refractivity contribution in [3.8, 4) is 5.75 Å². The van der Waals surface area contributed by atoms with Gasteiger partial charge in [-0.25, -0.2) is 0 Å². The number of hydrogen-bond acceptors (Lipinski definition) is 3. The third kappa shape index (κ3) is 4.99. The number of imide groups is 1. The molecule has 0 saturated heterocycles. The summed E-state index contributed by atoms with van der Waals surface area (Å²) in [5.41, 5.74) is 2.20. The highest BCUT2D eigenvalue weighted by atomic mass is 16.5. The number of hydrogen-bond donors (Lipinski definition) is 0. The number of amides is 2.